The quantitative estimate of drug-likeness (QED) is 0.720. The van der Waals surface area contributed by atoms with Crippen molar-refractivity contribution in [1.29, 1.82) is 0 Å². The maximum Gasteiger partial charge on any atom is 0.119 e. The Bertz CT molecular complexity index is 309. The van der Waals surface area contributed by atoms with Crippen LogP contribution in [0.5, 0.6) is 5.75 Å². The van der Waals surface area contributed by atoms with Crippen LogP contribution < -0.4 is 10.1 Å². The van der Waals surface area contributed by atoms with E-state index in [1.54, 1.807) is 7.11 Å². The Hall–Kier alpha value is -1.28. The van der Waals surface area contributed by atoms with E-state index >= 15 is 0 Å². The van der Waals surface area contributed by atoms with E-state index in [4.69, 9.17) is 4.74 Å². The molecular formula is C13H19NO. The second-order valence-corrected chi connectivity index (χ2v) is 3.58. The molecule has 1 rings (SSSR count). The summed E-state index contributed by atoms with van der Waals surface area (Å²) >= 11 is 0. The Balaban J connectivity index is 2.40. The fourth-order valence-corrected chi connectivity index (χ4v) is 1.36. The van der Waals surface area contributed by atoms with E-state index in [-0.39, 0.29) is 0 Å². The molecule has 15 heavy (non-hydrogen) atoms. The first-order valence-electron chi connectivity index (χ1n) is 5.25. The summed E-state index contributed by atoms with van der Waals surface area (Å²) in [4.78, 5) is 0. The average molecular weight is 205 g/mol. The van der Waals surface area contributed by atoms with E-state index < -0.39 is 0 Å². The monoisotopic (exact) mass is 205 g/mol. The van der Waals surface area contributed by atoms with Gasteiger partial charge in [0.25, 0.3) is 0 Å². The number of benzene rings is 1. The van der Waals surface area contributed by atoms with Crippen molar-refractivity contribution in [3.63, 3.8) is 0 Å². The molecule has 1 N–H and O–H groups in total. The standard InChI is InChI=1S/C13H19NO/c1-4-11(2)14-9-8-12-6-5-7-13(10-12)15-3/h4-7,10-11,14H,1,8-9H2,2-3H3. The summed E-state index contributed by atoms with van der Waals surface area (Å²) in [5.74, 6) is 0.921. The van der Waals surface area contributed by atoms with Crippen LogP contribution in [0.4, 0.5) is 0 Å². The molecule has 82 valence electrons. The number of hydrogen-bond donors (Lipinski definition) is 1. The summed E-state index contributed by atoms with van der Waals surface area (Å²) in [5, 5.41) is 3.36. The van der Waals surface area contributed by atoms with Gasteiger partial charge in [0.15, 0.2) is 0 Å². The molecule has 1 aromatic carbocycles. The van der Waals surface area contributed by atoms with Crippen molar-refractivity contribution in [1.82, 2.24) is 5.32 Å². The molecule has 0 aliphatic carbocycles. The molecule has 0 aromatic heterocycles. The van der Waals surface area contributed by atoms with Crippen LogP contribution in [-0.4, -0.2) is 19.7 Å². The Labute approximate surface area is 92.0 Å². The lowest BCUT2D eigenvalue weighted by Gasteiger charge is -2.09. The molecule has 0 heterocycles. The third-order valence-corrected chi connectivity index (χ3v) is 2.37. The van der Waals surface area contributed by atoms with E-state index in [0.717, 1.165) is 18.7 Å². The van der Waals surface area contributed by atoms with Gasteiger partial charge < -0.3 is 10.1 Å². The fraction of sp³-hybridized carbons (Fsp3) is 0.385. The summed E-state index contributed by atoms with van der Waals surface area (Å²) in [5.41, 5.74) is 1.29. The smallest absolute Gasteiger partial charge is 0.119 e. The van der Waals surface area contributed by atoms with Gasteiger partial charge in [0.1, 0.15) is 5.75 Å². The summed E-state index contributed by atoms with van der Waals surface area (Å²) in [6.45, 7) is 6.79. The van der Waals surface area contributed by atoms with Crippen LogP contribution in [0.15, 0.2) is 36.9 Å². The molecule has 0 amide bonds. The largest absolute Gasteiger partial charge is 0.497 e. The van der Waals surface area contributed by atoms with Gasteiger partial charge in [-0.05, 0) is 37.6 Å². The highest BCUT2D eigenvalue weighted by Gasteiger charge is 1.97. The second kappa shape index (κ2) is 6.25. The fourth-order valence-electron chi connectivity index (χ4n) is 1.36. The van der Waals surface area contributed by atoms with E-state index in [0.29, 0.717) is 6.04 Å². The lowest BCUT2D eigenvalue weighted by atomic mass is 10.1. The highest BCUT2D eigenvalue weighted by molar-refractivity contribution is 5.28. The normalized spacial score (nSPS) is 12.1. The number of nitrogens with one attached hydrogen (secondary N) is 1. The Morgan fingerprint density at radius 2 is 2.33 bits per heavy atom. The van der Waals surface area contributed by atoms with Gasteiger partial charge in [-0.3, -0.25) is 0 Å². The minimum Gasteiger partial charge on any atom is -0.497 e. The summed E-state index contributed by atoms with van der Waals surface area (Å²) in [7, 11) is 1.69. The van der Waals surface area contributed by atoms with Crippen LogP contribution >= 0.6 is 0 Å². The van der Waals surface area contributed by atoms with Crippen molar-refractivity contribution in [3.05, 3.63) is 42.5 Å². The molecule has 1 unspecified atom stereocenters. The van der Waals surface area contributed by atoms with Crippen LogP contribution in [0.1, 0.15) is 12.5 Å². The Morgan fingerprint density at radius 3 is 3.00 bits per heavy atom. The SMILES string of the molecule is C=CC(C)NCCc1cccc(OC)c1. The summed E-state index contributed by atoms with van der Waals surface area (Å²) in [6.07, 6.45) is 2.92. The first-order valence-corrected chi connectivity index (χ1v) is 5.25. The summed E-state index contributed by atoms with van der Waals surface area (Å²) < 4.78 is 5.17. The molecule has 0 spiro atoms. The molecule has 1 aromatic rings. The van der Waals surface area contributed by atoms with E-state index in [1.807, 2.05) is 18.2 Å². The minimum absolute atomic E-state index is 0.371. The Morgan fingerprint density at radius 1 is 1.53 bits per heavy atom. The number of rotatable bonds is 6. The van der Waals surface area contributed by atoms with Crippen LogP contribution in [0, 0.1) is 0 Å². The van der Waals surface area contributed by atoms with E-state index in [1.165, 1.54) is 5.56 Å². The van der Waals surface area contributed by atoms with Crippen molar-refractivity contribution < 1.29 is 4.74 Å². The van der Waals surface area contributed by atoms with Crippen molar-refractivity contribution in [3.8, 4) is 5.75 Å². The average Bonchev–Trinajstić information content (AvgIpc) is 2.29. The Kier molecular flexibility index (Phi) is 4.91. The van der Waals surface area contributed by atoms with Gasteiger partial charge in [0, 0.05) is 6.04 Å². The zero-order valence-electron chi connectivity index (χ0n) is 9.49. The van der Waals surface area contributed by atoms with Gasteiger partial charge in [-0.2, -0.15) is 0 Å². The molecule has 0 saturated heterocycles. The van der Waals surface area contributed by atoms with Gasteiger partial charge in [-0.25, -0.2) is 0 Å². The van der Waals surface area contributed by atoms with Crippen LogP contribution in [0.3, 0.4) is 0 Å². The van der Waals surface area contributed by atoms with E-state index in [2.05, 4.69) is 31.0 Å². The maximum atomic E-state index is 5.17. The van der Waals surface area contributed by atoms with Gasteiger partial charge in [-0.1, -0.05) is 18.2 Å². The highest BCUT2D eigenvalue weighted by Crippen LogP contribution is 2.12. The number of hydrogen-bond acceptors (Lipinski definition) is 2. The van der Waals surface area contributed by atoms with Crippen molar-refractivity contribution in [2.45, 2.75) is 19.4 Å². The third-order valence-electron chi connectivity index (χ3n) is 2.37. The number of ether oxygens (including phenoxy) is 1. The molecular weight excluding hydrogens is 186 g/mol. The second-order valence-electron chi connectivity index (χ2n) is 3.58. The topological polar surface area (TPSA) is 21.3 Å². The van der Waals surface area contributed by atoms with Crippen LogP contribution in [-0.2, 0) is 6.42 Å². The van der Waals surface area contributed by atoms with E-state index in [9.17, 15) is 0 Å². The zero-order valence-corrected chi connectivity index (χ0v) is 9.49. The van der Waals surface area contributed by atoms with Crippen molar-refractivity contribution in [2.24, 2.45) is 0 Å². The minimum atomic E-state index is 0.371. The molecule has 0 fully saturated rings. The van der Waals surface area contributed by atoms with Gasteiger partial charge in [-0.15, -0.1) is 6.58 Å². The predicted molar refractivity (Wildman–Crippen MR) is 64.4 cm³/mol. The summed E-state index contributed by atoms with van der Waals surface area (Å²) in [6, 6.07) is 8.54. The number of methoxy groups -OCH3 is 1. The van der Waals surface area contributed by atoms with Gasteiger partial charge >= 0.3 is 0 Å². The molecule has 1 atom stereocenters. The predicted octanol–water partition coefficient (Wildman–Crippen LogP) is 2.40. The first kappa shape index (κ1) is 11.8. The molecule has 0 saturated carbocycles. The van der Waals surface area contributed by atoms with Crippen LogP contribution in [0.2, 0.25) is 0 Å². The molecule has 2 nitrogen and oxygen atoms in total. The van der Waals surface area contributed by atoms with Crippen LogP contribution in [0.25, 0.3) is 0 Å². The lowest BCUT2D eigenvalue weighted by Crippen LogP contribution is -2.25. The molecule has 0 aliphatic heterocycles. The molecule has 0 aliphatic rings. The van der Waals surface area contributed by atoms with Gasteiger partial charge in [0.05, 0.1) is 7.11 Å². The highest BCUT2D eigenvalue weighted by atomic mass is 16.5. The molecule has 2 heteroatoms. The first-order chi connectivity index (χ1) is 7.26. The van der Waals surface area contributed by atoms with Crippen molar-refractivity contribution >= 4 is 0 Å². The molecule has 0 radical (unpaired) electrons. The van der Waals surface area contributed by atoms with Crippen molar-refractivity contribution in [2.75, 3.05) is 13.7 Å². The third kappa shape index (κ3) is 4.17. The lowest BCUT2D eigenvalue weighted by molar-refractivity contribution is 0.414. The maximum absolute atomic E-state index is 5.17. The van der Waals surface area contributed by atoms with Gasteiger partial charge in [0.2, 0.25) is 0 Å². The zero-order chi connectivity index (χ0) is 11.1. The molecule has 0 bridgehead atoms.